The number of nitrogens with two attached hydrogens (primary N) is 1. The molecule has 0 bridgehead atoms. The lowest BCUT2D eigenvalue weighted by molar-refractivity contribution is 0.887. The topological polar surface area (TPSA) is 58.9 Å². The minimum absolute atomic E-state index is 0.104. The van der Waals surface area contributed by atoms with E-state index in [0.29, 0.717) is 0 Å². The molecule has 0 aliphatic heterocycles. The molecule has 3 heteroatoms. The number of hydrogen-bond donors (Lipinski definition) is 2. The van der Waals surface area contributed by atoms with E-state index < -0.39 is 0 Å². The Bertz CT molecular complexity index is 341. The van der Waals surface area contributed by atoms with Crippen LogP contribution in [0.3, 0.4) is 0 Å². The third-order valence-corrected chi connectivity index (χ3v) is 1.79. The van der Waals surface area contributed by atoms with Crippen molar-refractivity contribution in [1.29, 1.82) is 0 Å². The van der Waals surface area contributed by atoms with Crippen LogP contribution in [0.2, 0.25) is 0 Å². The van der Waals surface area contributed by atoms with Gasteiger partial charge >= 0.3 is 0 Å². The van der Waals surface area contributed by atoms with Gasteiger partial charge in [-0.25, -0.2) is 0 Å². The van der Waals surface area contributed by atoms with Gasteiger partial charge in [0.25, 0.3) is 0 Å². The number of nitrogens with one attached hydrogen (secondary N) is 1. The Hall–Kier alpha value is -1.35. The van der Waals surface area contributed by atoms with Crippen LogP contribution < -0.4 is 11.3 Å². The molecule has 0 aromatic carbocycles. The van der Waals surface area contributed by atoms with E-state index in [4.69, 9.17) is 5.73 Å². The summed E-state index contributed by atoms with van der Waals surface area (Å²) in [6, 6.07) is 1.32. The molecule has 12 heavy (non-hydrogen) atoms. The molecule has 0 spiro atoms. The van der Waals surface area contributed by atoms with Gasteiger partial charge in [-0.05, 0) is 18.1 Å². The third-order valence-electron chi connectivity index (χ3n) is 1.79. The van der Waals surface area contributed by atoms with Gasteiger partial charge in [0.2, 0.25) is 5.56 Å². The Balaban J connectivity index is 3.17. The quantitative estimate of drug-likeness (QED) is 0.637. The van der Waals surface area contributed by atoms with Gasteiger partial charge in [0.1, 0.15) is 0 Å². The van der Waals surface area contributed by atoms with Gasteiger partial charge in [0.15, 0.2) is 0 Å². The molecule has 0 aliphatic rings. The highest BCUT2D eigenvalue weighted by Crippen LogP contribution is 2.12. The highest BCUT2D eigenvalue weighted by atomic mass is 16.1. The number of pyridine rings is 1. The third kappa shape index (κ3) is 1.62. The molecule has 0 saturated heterocycles. The summed E-state index contributed by atoms with van der Waals surface area (Å²) in [4.78, 5) is 13.4. The Kier molecular flexibility index (Phi) is 2.45. The second-order valence-corrected chi connectivity index (χ2v) is 2.70. The van der Waals surface area contributed by atoms with Gasteiger partial charge in [-0.15, -0.1) is 6.58 Å². The monoisotopic (exact) mass is 164 g/mol. The lowest BCUT2D eigenvalue weighted by atomic mass is 10.1. The van der Waals surface area contributed by atoms with Crippen molar-refractivity contribution in [3.05, 3.63) is 46.4 Å². The zero-order valence-corrected chi connectivity index (χ0v) is 7.00. The van der Waals surface area contributed by atoms with E-state index in [9.17, 15) is 4.79 Å². The molecule has 0 fully saturated rings. The molecule has 1 unspecified atom stereocenters. The fraction of sp³-hybridized carbons (Fsp3) is 0.222. The Labute approximate surface area is 70.9 Å². The fourth-order valence-electron chi connectivity index (χ4n) is 1.07. The van der Waals surface area contributed by atoms with Crippen molar-refractivity contribution in [2.24, 2.45) is 5.73 Å². The maximum absolute atomic E-state index is 10.8. The van der Waals surface area contributed by atoms with Crippen LogP contribution in [-0.4, -0.2) is 4.98 Å². The highest BCUT2D eigenvalue weighted by Gasteiger charge is 2.04. The van der Waals surface area contributed by atoms with E-state index in [2.05, 4.69) is 11.6 Å². The molecule has 3 nitrogen and oxygen atoms in total. The van der Waals surface area contributed by atoms with Crippen LogP contribution in [0.4, 0.5) is 0 Å². The molecule has 1 aromatic rings. The second-order valence-electron chi connectivity index (χ2n) is 2.70. The first-order valence-electron chi connectivity index (χ1n) is 3.72. The molecule has 1 heterocycles. The van der Waals surface area contributed by atoms with Crippen molar-refractivity contribution in [2.75, 3.05) is 0 Å². The smallest absolute Gasteiger partial charge is 0.248 e. The first kappa shape index (κ1) is 8.74. The molecule has 0 radical (unpaired) electrons. The predicted octanol–water partition coefficient (Wildman–Crippen LogP) is 0.869. The van der Waals surface area contributed by atoms with Crippen molar-refractivity contribution in [3.63, 3.8) is 0 Å². The summed E-state index contributed by atoms with van der Waals surface area (Å²) in [6.45, 7) is 5.44. The SMILES string of the molecule is C=CC(N)c1c[nH]c(=O)cc1C. The van der Waals surface area contributed by atoms with Gasteiger partial charge < -0.3 is 10.7 Å². The Morgan fingerprint density at radius 3 is 2.92 bits per heavy atom. The van der Waals surface area contributed by atoms with Gasteiger partial charge in [-0.1, -0.05) is 6.08 Å². The molecule has 1 rings (SSSR count). The number of aromatic amines is 1. The first-order chi connectivity index (χ1) is 5.65. The molecule has 1 atom stereocenters. The highest BCUT2D eigenvalue weighted by molar-refractivity contribution is 5.27. The number of H-pyrrole nitrogens is 1. The Morgan fingerprint density at radius 1 is 1.75 bits per heavy atom. The molecule has 0 amide bonds. The predicted molar refractivity (Wildman–Crippen MR) is 48.9 cm³/mol. The maximum atomic E-state index is 10.8. The van der Waals surface area contributed by atoms with E-state index in [-0.39, 0.29) is 11.6 Å². The number of aromatic nitrogens is 1. The summed E-state index contributed by atoms with van der Waals surface area (Å²) < 4.78 is 0. The van der Waals surface area contributed by atoms with Gasteiger partial charge in [-0.3, -0.25) is 4.79 Å². The van der Waals surface area contributed by atoms with Crippen LogP contribution in [0.1, 0.15) is 17.2 Å². The molecule has 0 aliphatic carbocycles. The van der Waals surface area contributed by atoms with E-state index >= 15 is 0 Å². The van der Waals surface area contributed by atoms with Crippen molar-refractivity contribution >= 4 is 0 Å². The molecule has 1 aromatic heterocycles. The average Bonchev–Trinajstić information content (AvgIpc) is 2.03. The number of aryl methyl sites for hydroxylation is 1. The minimum atomic E-state index is -0.207. The first-order valence-corrected chi connectivity index (χ1v) is 3.72. The van der Waals surface area contributed by atoms with Crippen LogP contribution in [0.15, 0.2) is 29.7 Å². The summed E-state index contributed by atoms with van der Waals surface area (Å²) in [5, 5.41) is 0. The molecular weight excluding hydrogens is 152 g/mol. The van der Waals surface area contributed by atoms with Crippen molar-refractivity contribution in [3.8, 4) is 0 Å². The summed E-state index contributed by atoms with van der Waals surface area (Å²) >= 11 is 0. The van der Waals surface area contributed by atoms with E-state index in [1.54, 1.807) is 12.3 Å². The molecular formula is C9H12N2O. The molecule has 3 N–H and O–H groups in total. The minimum Gasteiger partial charge on any atom is -0.329 e. The zero-order chi connectivity index (χ0) is 9.14. The van der Waals surface area contributed by atoms with E-state index in [1.165, 1.54) is 6.07 Å². The summed E-state index contributed by atoms with van der Waals surface area (Å²) in [5.41, 5.74) is 7.40. The van der Waals surface area contributed by atoms with E-state index in [0.717, 1.165) is 11.1 Å². The summed E-state index contributed by atoms with van der Waals surface area (Å²) in [5.74, 6) is 0. The second kappa shape index (κ2) is 3.36. The fourth-order valence-corrected chi connectivity index (χ4v) is 1.07. The van der Waals surface area contributed by atoms with E-state index in [1.807, 2.05) is 6.92 Å². The molecule has 64 valence electrons. The molecule has 0 saturated carbocycles. The normalized spacial score (nSPS) is 12.5. The van der Waals surface area contributed by atoms with Crippen LogP contribution in [0, 0.1) is 6.92 Å². The van der Waals surface area contributed by atoms with Gasteiger partial charge in [0, 0.05) is 18.3 Å². The maximum Gasteiger partial charge on any atom is 0.248 e. The summed E-state index contributed by atoms with van der Waals surface area (Å²) in [7, 11) is 0. The number of rotatable bonds is 2. The van der Waals surface area contributed by atoms with Crippen LogP contribution in [0.25, 0.3) is 0 Å². The van der Waals surface area contributed by atoms with Crippen LogP contribution in [-0.2, 0) is 0 Å². The lowest BCUT2D eigenvalue weighted by Crippen LogP contribution is -2.13. The van der Waals surface area contributed by atoms with Crippen molar-refractivity contribution in [2.45, 2.75) is 13.0 Å². The standard InChI is InChI=1S/C9H12N2O/c1-3-8(10)7-5-11-9(12)4-6(7)2/h3-5,8H,1,10H2,2H3,(H,11,12). The lowest BCUT2D eigenvalue weighted by Gasteiger charge is -2.08. The van der Waals surface area contributed by atoms with Crippen LogP contribution >= 0.6 is 0 Å². The zero-order valence-electron chi connectivity index (χ0n) is 7.00. The van der Waals surface area contributed by atoms with Crippen molar-refractivity contribution < 1.29 is 0 Å². The largest absolute Gasteiger partial charge is 0.329 e. The number of hydrogen-bond acceptors (Lipinski definition) is 2. The average molecular weight is 164 g/mol. The van der Waals surface area contributed by atoms with Crippen LogP contribution in [0.5, 0.6) is 0 Å². The Morgan fingerprint density at radius 2 is 2.42 bits per heavy atom. The van der Waals surface area contributed by atoms with Gasteiger partial charge in [0.05, 0.1) is 0 Å². The van der Waals surface area contributed by atoms with Gasteiger partial charge in [-0.2, -0.15) is 0 Å². The summed E-state index contributed by atoms with van der Waals surface area (Å²) in [6.07, 6.45) is 3.27. The van der Waals surface area contributed by atoms with Crippen molar-refractivity contribution in [1.82, 2.24) is 4.98 Å².